The van der Waals surface area contributed by atoms with E-state index in [-0.39, 0.29) is 12.1 Å². The quantitative estimate of drug-likeness (QED) is 0.785. The van der Waals surface area contributed by atoms with E-state index in [1.165, 1.54) is 6.92 Å². The molecule has 1 rings (SSSR count). The zero-order valence-electron chi connectivity index (χ0n) is 7.81. The minimum atomic E-state index is -4.85. The molecule has 0 aliphatic rings. The third-order valence-electron chi connectivity index (χ3n) is 1.76. The van der Waals surface area contributed by atoms with E-state index in [1.54, 1.807) is 0 Å². The molecular weight excluding hydrogens is 213 g/mol. The number of H-pyrrole nitrogens is 1. The molecule has 0 unspecified atom stereocenters. The van der Waals surface area contributed by atoms with Crippen LogP contribution in [-0.4, -0.2) is 11.3 Å². The lowest BCUT2D eigenvalue weighted by Gasteiger charge is -2.13. The lowest BCUT2D eigenvalue weighted by atomic mass is 10.1. The van der Waals surface area contributed by atoms with E-state index >= 15 is 0 Å². The Labute approximate surface area is 82.9 Å². The van der Waals surface area contributed by atoms with Crippen molar-refractivity contribution in [3.63, 3.8) is 0 Å². The zero-order chi connectivity index (χ0) is 11.6. The smallest absolute Gasteiger partial charge is 0.389 e. The number of alkyl halides is 3. The normalized spacial score (nSPS) is 11.5. The summed E-state index contributed by atoms with van der Waals surface area (Å²) in [4.78, 5) is 12.9. The van der Waals surface area contributed by atoms with Gasteiger partial charge in [0.1, 0.15) is 0 Å². The summed E-state index contributed by atoms with van der Waals surface area (Å²) in [5, 5.41) is 0. The zero-order valence-corrected chi connectivity index (χ0v) is 7.81. The minimum Gasteiger partial charge on any atom is -0.389 e. The lowest BCUT2D eigenvalue weighted by molar-refractivity contribution is -0.276. The molecule has 3 N–H and O–H groups in total. The molecule has 0 amide bonds. The molecule has 1 aromatic rings. The highest BCUT2D eigenvalue weighted by Crippen LogP contribution is 2.24. The Balaban J connectivity index is 3.21. The number of pyridine rings is 1. The summed E-state index contributed by atoms with van der Waals surface area (Å²) in [6.07, 6.45) is -4.85. The van der Waals surface area contributed by atoms with E-state index in [1.807, 2.05) is 4.98 Å². The number of aromatic amines is 1. The van der Waals surface area contributed by atoms with Crippen LogP contribution in [0.3, 0.4) is 0 Å². The number of halogens is 3. The molecule has 0 atom stereocenters. The number of nitrogens with one attached hydrogen (secondary N) is 1. The van der Waals surface area contributed by atoms with Crippen molar-refractivity contribution in [1.29, 1.82) is 0 Å². The molecule has 0 spiro atoms. The maximum absolute atomic E-state index is 11.9. The SMILES string of the molecule is Cc1cc(=O)[nH]c(OC(F)(F)F)c1CN. The van der Waals surface area contributed by atoms with Crippen LogP contribution >= 0.6 is 0 Å². The maximum atomic E-state index is 11.9. The highest BCUT2D eigenvalue weighted by atomic mass is 19.4. The minimum absolute atomic E-state index is 0.131. The predicted molar refractivity (Wildman–Crippen MR) is 46.4 cm³/mol. The first-order valence-electron chi connectivity index (χ1n) is 4.02. The van der Waals surface area contributed by atoms with Crippen LogP contribution in [0, 0.1) is 6.92 Å². The van der Waals surface area contributed by atoms with Crippen LogP contribution < -0.4 is 16.0 Å². The molecule has 1 heterocycles. The number of ether oxygens (including phenoxy) is 1. The van der Waals surface area contributed by atoms with Gasteiger partial charge in [0.05, 0.1) is 0 Å². The molecule has 0 saturated carbocycles. The maximum Gasteiger partial charge on any atom is 0.574 e. The molecule has 0 bridgehead atoms. The van der Waals surface area contributed by atoms with Gasteiger partial charge in [-0.3, -0.25) is 9.78 Å². The van der Waals surface area contributed by atoms with E-state index in [0.717, 1.165) is 6.07 Å². The van der Waals surface area contributed by atoms with Crippen molar-refractivity contribution in [2.45, 2.75) is 19.8 Å². The van der Waals surface area contributed by atoms with Crippen molar-refractivity contribution >= 4 is 0 Å². The van der Waals surface area contributed by atoms with Gasteiger partial charge >= 0.3 is 6.36 Å². The van der Waals surface area contributed by atoms with Crippen LogP contribution in [0.15, 0.2) is 10.9 Å². The molecule has 7 heteroatoms. The first-order chi connectivity index (χ1) is 6.83. The van der Waals surface area contributed by atoms with Gasteiger partial charge in [0.15, 0.2) is 0 Å². The molecule has 0 aliphatic carbocycles. The number of aromatic nitrogens is 1. The second kappa shape index (κ2) is 3.93. The third kappa shape index (κ3) is 2.98. The molecule has 0 aliphatic heterocycles. The summed E-state index contributed by atoms with van der Waals surface area (Å²) in [5.41, 5.74) is 5.08. The van der Waals surface area contributed by atoms with Crippen molar-refractivity contribution in [1.82, 2.24) is 4.98 Å². The van der Waals surface area contributed by atoms with E-state index in [9.17, 15) is 18.0 Å². The van der Waals surface area contributed by atoms with Gasteiger partial charge in [-0.1, -0.05) is 0 Å². The molecule has 1 aromatic heterocycles. The Hall–Kier alpha value is -1.50. The first kappa shape index (κ1) is 11.6. The number of rotatable bonds is 2. The van der Waals surface area contributed by atoms with Crippen LogP contribution in [0.4, 0.5) is 13.2 Å². The standard InChI is InChI=1S/C8H9F3N2O2/c1-4-2-6(14)13-7(5(4)3-12)15-8(9,10)11/h2H,3,12H2,1H3,(H,13,14). The largest absolute Gasteiger partial charge is 0.574 e. The third-order valence-corrected chi connectivity index (χ3v) is 1.76. The van der Waals surface area contributed by atoms with Crippen molar-refractivity contribution < 1.29 is 17.9 Å². The molecular formula is C8H9F3N2O2. The Morgan fingerprint density at radius 3 is 2.60 bits per heavy atom. The molecule has 0 fully saturated rings. The highest BCUT2D eigenvalue weighted by Gasteiger charge is 2.32. The lowest BCUT2D eigenvalue weighted by Crippen LogP contribution is -2.22. The summed E-state index contributed by atoms with van der Waals surface area (Å²) in [5.74, 6) is -0.644. The van der Waals surface area contributed by atoms with Gasteiger partial charge in [-0.25, -0.2) is 0 Å². The number of hydrogen-bond acceptors (Lipinski definition) is 3. The molecule has 15 heavy (non-hydrogen) atoms. The van der Waals surface area contributed by atoms with Crippen LogP contribution in [0.1, 0.15) is 11.1 Å². The van der Waals surface area contributed by atoms with Crippen LogP contribution in [0.2, 0.25) is 0 Å². The number of hydrogen-bond donors (Lipinski definition) is 2. The van der Waals surface area contributed by atoms with Crippen molar-refractivity contribution in [2.75, 3.05) is 0 Å². The van der Waals surface area contributed by atoms with Crippen molar-refractivity contribution in [3.8, 4) is 5.88 Å². The second-order valence-corrected chi connectivity index (χ2v) is 2.88. The van der Waals surface area contributed by atoms with Gasteiger partial charge in [-0.2, -0.15) is 0 Å². The van der Waals surface area contributed by atoms with Gasteiger partial charge in [-0.15, -0.1) is 13.2 Å². The summed E-state index contributed by atoms with van der Waals surface area (Å²) in [7, 11) is 0. The van der Waals surface area contributed by atoms with Crippen molar-refractivity contribution in [2.24, 2.45) is 5.73 Å². The van der Waals surface area contributed by atoms with E-state index < -0.39 is 17.8 Å². The van der Waals surface area contributed by atoms with Gasteiger partial charge in [0.2, 0.25) is 5.88 Å². The van der Waals surface area contributed by atoms with Crippen LogP contribution in [0.5, 0.6) is 5.88 Å². The van der Waals surface area contributed by atoms with Crippen LogP contribution in [-0.2, 0) is 6.54 Å². The van der Waals surface area contributed by atoms with Gasteiger partial charge < -0.3 is 10.5 Å². The Bertz CT molecular complexity index is 411. The fourth-order valence-electron chi connectivity index (χ4n) is 1.14. The summed E-state index contributed by atoms with van der Waals surface area (Å²) in [6, 6.07) is 1.16. The molecule has 0 radical (unpaired) electrons. The molecule has 4 nitrogen and oxygen atoms in total. The predicted octanol–water partition coefficient (Wildman–Crippen LogP) is 1.04. The van der Waals surface area contributed by atoms with E-state index in [2.05, 4.69) is 4.74 Å². The Morgan fingerprint density at radius 2 is 2.13 bits per heavy atom. The van der Waals surface area contributed by atoms with Gasteiger partial charge in [0, 0.05) is 18.2 Å². The number of nitrogens with two attached hydrogens (primary N) is 1. The topological polar surface area (TPSA) is 68.1 Å². The van der Waals surface area contributed by atoms with E-state index in [4.69, 9.17) is 5.73 Å². The van der Waals surface area contributed by atoms with Crippen LogP contribution in [0.25, 0.3) is 0 Å². The molecule has 0 aromatic carbocycles. The van der Waals surface area contributed by atoms with Gasteiger partial charge in [0.25, 0.3) is 5.56 Å². The molecule has 0 saturated heterocycles. The fraction of sp³-hybridized carbons (Fsp3) is 0.375. The van der Waals surface area contributed by atoms with E-state index in [0.29, 0.717) is 5.56 Å². The average molecular weight is 222 g/mol. The summed E-state index contributed by atoms with van der Waals surface area (Å²) >= 11 is 0. The molecule has 84 valence electrons. The fourth-order valence-corrected chi connectivity index (χ4v) is 1.14. The summed E-state index contributed by atoms with van der Waals surface area (Å²) in [6.45, 7) is 1.34. The van der Waals surface area contributed by atoms with Gasteiger partial charge in [-0.05, 0) is 12.5 Å². The second-order valence-electron chi connectivity index (χ2n) is 2.88. The highest BCUT2D eigenvalue weighted by molar-refractivity contribution is 5.33. The summed E-state index contributed by atoms with van der Waals surface area (Å²) < 4.78 is 39.5. The average Bonchev–Trinajstić information content (AvgIpc) is 1.99. The van der Waals surface area contributed by atoms with Crippen molar-refractivity contribution in [3.05, 3.63) is 27.5 Å². The Kier molecular flexibility index (Phi) is 3.04. The number of aryl methyl sites for hydroxylation is 1. The first-order valence-corrected chi connectivity index (χ1v) is 4.02. The Morgan fingerprint density at radius 1 is 1.53 bits per heavy atom. The monoisotopic (exact) mass is 222 g/mol.